The Morgan fingerprint density at radius 3 is 2.71 bits per heavy atom. The molecule has 0 radical (unpaired) electrons. The van der Waals surface area contributed by atoms with Gasteiger partial charge in [-0.2, -0.15) is 0 Å². The monoisotopic (exact) mass is 196 g/mol. The van der Waals surface area contributed by atoms with Crippen molar-refractivity contribution in [3.63, 3.8) is 0 Å². The number of halogens is 1. The Kier molecular flexibility index (Phi) is 3.93. The van der Waals surface area contributed by atoms with E-state index in [0.29, 0.717) is 11.7 Å². The molecule has 0 heterocycles. The van der Waals surface area contributed by atoms with Crippen molar-refractivity contribution in [3.05, 3.63) is 29.6 Å². The lowest BCUT2D eigenvalue weighted by Crippen LogP contribution is -1.95. The molecule has 0 saturated heterocycles. The van der Waals surface area contributed by atoms with Crippen LogP contribution < -0.4 is 4.74 Å². The molecule has 0 N–H and O–H groups in total. The minimum Gasteiger partial charge on any atom is -0.494 e. The normalized spacial score (nSPS) is 12.6. The third-order valence-electron chi connectivity index (χ3n) is 2.47. The summed E-state index contributed by atoms with van der Waals surface area (Å²) in [6.45, 7) is 4.30. The summed E-state index contributed by atoms with van der Waals surface area (Å²) in [5.74, 6) is 0.514. The SMILES string of the molecule is CCCC(C)c1ccc(F)c(OC)c1. The minimum atomic E-state index is -0.292. The molecule has 14 heavy (non-hydrogen) atoms. The third kappa shape index (κ3) is 2.47. The number of hydrogen-bond donors (Lipinski definition) is 0. The van der Waals surface area contributed by atoms with Crippen molar-refractivity contribution in [2.24, 2.45) is 0 Å². The van der Waals surface area contributed by atoms with Gasteiger partial charge in [0.05, 0.1) is 7.11 Å². The average molecular weight is 196 g/mol. The molecule has 0 aliphatic rings. The number of benzene rings is 1. The fourth-order valence-corrected chi connectivity index (χ4v) is 1.58. The van der Waals surface area contributed by atoms with Gasteiger partial charge in [0.25, 0.3) is 0 Å². The maximum atomic E-state index is 13.1. The highest BCUT2D eigenvalue weighted by Crippen LogP contribution is 2.26. The van der Waals surface area contributed by atoms with Gasteiger partial charge in [0, 0.05) is 0 Å². The lowest BCUT2D eigenvalue weighted by atomic mass is 9.96. The van der Waals surface area contributed by atoms with Crippen molar-refractivity contribution >= 4 is 0 Å². The van der Waals surface area contributed by atoms with Crippen molar-refractivity contribution < 1.29 is 9.13 Å². The van der Waals surface area contributed by atoms with Crippen LogP contribution in [0.1, 0.15) is 38.2 Å². The average Bonchev–Trinajstić information content (AvgIpc) is 2.19. The zero-order chi connectivity index (χ0) is 10.6. The van der Waals surface area contributed by atoms with Crippen molar-refractivity contribution in [2.45, 2.75) is 32.6 Å². The van der Waals surface area contributed by atoms with Crippen LogP contribution in [0, 0.1) is 5.82 Å². The molecule has 1 nitrogen and oxygen atoms in total. The van der Waals surface area contributed by atoms with Gasteiger partial charge in [-0.3, -0.25) is 0 Å². The standard InChI is InChI=1S/C12H17FO/c1-4-5-9(2)10-6-7-11(13)12(8-10)14-3/h6-9H,4-5H2,1-3H3. The highest BCUT2D eigenvalue weighted by Gasteiger charge is 2.08. The van der Waals surface area contributed by atoms with Gasteiger partial charge < -0.3 is 4.74 Å². The number of ether oxygens (including phenoxy) is 1. The van der Waals surface area contributed by atoms with Crippen LogP contribution in [0.3, 0.4) is 0 Å². The summed E-state index contributed by atoms with van der Waals surface area (Å²) in [6.07, 6.45) is 2.26. The van der Waals surface area contributed by atoms with Crippen LogP contribution in [0.4, 0.5) is 4.39 Å². The Morgan fingerprint density at radius 2 is 2.14 bits per heavy atom. The lowest BCUT2D eigenvalue weighted by Gasteiger charge is -2.12. The second kappa shape index (κ2) is 4.99. The third-order valence-corrected chi connectivity index (χ3v) is 2.47. The summed E-state index contributed by atoms with van der Waals surface area (Å²) in [6, 6.07) is 5.09. The van der Waals surface area contributed by atoms with E-state index in [9.17, 15) is 4.39 Å². The molecular weight excluding hydrogens is 179 g/mol. The predicted molar refractivity (Wildman–Crippen MR) is 56.3 cm³/mol. The molecule has 1 atom stereocenters. The topological polar surface area (TPSA) is 9.23 Å². The van der Waals surface area contributed by atoms with Gasteiger partial charge in [0.1, 0.15) is 0 Å². The Balaban J connectivity index is 2.88. The van der Waals surface area contributed by atoms with Crippen molar-refractivity contribution in [1.29, 1.82) is 0 Å². The summed E-state index contributed by atoms with van der Waals surface area (Å²) in [5.41, 5.74) is 1.14. The van der Waals surface area contributed by atoms with Gasteiger partial charge in [-0.1, -0.05) is 26.3 Å². The molecule has 1 aromatic carbocycles. The zero-order valence-corrected chi connectivity index (χ0v) is 9.01. The summed E-state index contributed by atoms with van der Waals surface area (Å²) in [5, 5.41) is 0. The van der Waals surface area contributed by atoms with Gasteiger partial charge in [0.2, 0.25) is 0 Å². The molecule has 0 fully saturated rings. The first-order valence-electron chi connectivity index (χ1n) is 5.02. The Hall–Kier alpha value is -1.05. The fourth-order valence-electron chi connectivity index (χ4n) is 1.58. The van der Waals surface area contributed by atoms with Gasteiger partial charge in [-0.15, -0.1) is 0 Å². The quantitative estimate of drug-likeness (QED) is 0.712. The van der Waals surface area contributed by atoms with Crippen molar-refractivity contribution in [2.75, 3.05) is 7.11 Å². The van der Waals surface area contributed by atoms with E-state index in [1.165, 1.54) is 13.2 Å². The minimum absolute atomic E-state index is 0.292. The lowest BCUT2D eigenvalue weighted by molar-refractivity contribution is 0.385. The second-order valence-electron chi connectivity index (χ2n) is 3.58. The molecule has 0 aliphatic heterocycles. The molecular formula is C12H17FO. The molecule has 1 aromatic rings. The maximum Gasteiger partial charge on any atom is 0.165 e. The van der Waals surface area contributed by atoms with Gasteiger partial charge in [0.15, 0.2) is 11.6 Å². The summed E-state index contributed by atoms with van der Waals surface area (Å²) < 4.78 is 18.0. The molecule has 78 valence electrons. The van der Waals surface area contributed by atoms with E-state index in [-0.39, 0.29) is 5.82 Å². The largest absolute Gasteiger partial charge is 0.494 e. The van der Waals surface area contributed by atoms with Crippen LogP contribution in [0.2, 0.25) is 0 Å². The first kappa shape index (κ1) is 11.0. The van der Waals surface area contributed by atoms with E-state index in [4.69, 9.17) is 4.74 Å². The number of methoxy groups -OCH3 is 1. The molecule has 0 saturated carbocycles. The molecule has 0 aromatic heterocycles. The Labute approximate surface area is 84.9 Å². The van der Waals surface area contributed by atoms with Crippen LogP contribution in [0.15, 0.2) is 18.2 Å². The van der Waals surface area contributed by atoms with Gasteiger partial charge >= 0.3 is 0 Å². The van der Waals surface area contributed by atoms with E-state index in [0.717, 1.165) is 18.4 Å². The molecule has 0 amide bonds. The molecule has 2 heteroatoms. The summed E-state index contributed by atoms with van der Waals surface area (Å²) in [7, 11) is 1.49. The molecule has 0 spiro atoms. The van der Waals surface area contributed by atoms with Crippen LogP contribution in [-0.4, -0.2) is 7.11 Å². The molecule has 1 rings (SSSR count). The second-order valence-corrected chi connectivity index (χ2v) is 3.58. The molecule has 1 unspecified atom stereocenters. The first-order valence-corrected chi connectivity index (χ1v) is 5.02. The van der Waals surface area contributed by atoms with Crippen LogP contribution in [-0.2, 0) is 0 Å². The number of rotatable bonds is 4. The zero-order valence-electron chi connectivity index (χ0n) is 9.01. The maximum absolute atomic E-state index is 13.1. The van der Waals surface area contributed by atoms with Gasteiger partial charge in [-0.05, 0) is 30.0 Å². The smallest absolute Gasteiger partial charge is 0.165 e. The van der Waals surface area contributed by atoms with Crippen LogP contribution in [0.25, 0.3) is 0 Å². The Morgan fingerprint density at radius 1 is 1.43 bits per heavy atom. The highest BCUT2D eigenvalue weighted by atomic mass is 19.1. The molecule has 0 bridgehead atoms. The first-order chi connectivity index (χ1) is 6.69. The highest BCUT2D eigenvalue weighted by molar-refractivity contribution is 5.32. The summed E-state index contributed by atoms with van der Waals surface area (Å²) >= 11 is 0. The van der Waals surface area contributed by atoms with Crippen LogP contribution in [0.5, 0.6) is 5.75 Å². The van der Waals surface area contributed by atoms with E-state index in [1.807, 2.05) is 6.07 Å². The van der Waals surface area contributed by atoms with Crippen molar-refractivity contribution in [3.8, 4) is 5.75 Å². The van der Waals surface area contributed by atoms with Crippen molar-refractivity contribution in [1.82, 2.24) is 0 Å². The van der Waals surface area contributed by atoms with E-state index in [2.05, 4.69) is 13.8 Å². The van der Waals surface area contributed by atoms with Crippen LogP contribution >= 0.6 is 0 Å². The van der Waals surface area contributed by atoms with Gasteiger partial charge in [-0.25, -0.2) is 4.39 Å². The van der Waals surface area contributed by atoms with E-state index in [1.54, 1.807) is 6.07 Å². The van der Waals surface area contributed by atoms with E-state index < -0.39 is 0 Å². The predicted octanol–water partition coefficient (Wildman–Crippen LogP) is 3.74. The number of hydrogen-bond acceptors (Lipinski definition) is 1. The summed E-state index contributed by atoms with van der Waals surface area (Å²) in [4.78, 5) is 0. The fraction of sp³-hybridized carbons (Fsp3) is 0.500. The molecule has 0 aliphatic carbocycles. The Bertz CT molecular complexity index is 296. The van der Waals surface area contributed by atoms with E-state index >= 15 is 0 Å².